The van der Waals surface area contributed by atoms with Gasteiger partial charge in [-0.1, -0.05) is 331 Å². The lowest BCUT2D eigenvalue weighted by Gasteiger charge is -2.18. The monoisotopic (exact) mass is 1090 g/mol. The number of hydrogen-bond donors (Lipinski definition) is 0. The van der Waals surface area contributed by atoms with Crippen LogP contribution in [0.4, 0.5) is 0 Å². The smallest absolute Gasteiger partial charge is 0.306 e. The Bertz CT molecular complexity index is 1440. The summed E-state index contributed by atoms with van der Waals surface area (Å²) in [5, 5.41) is 0. The van der Waals surface area contributed by atoms with Gasteiger partial charge in [-0.25, -0.2) is 0 Å². The topological polar surface area (TPSA) is 78.9 Å². The number of unbranched alkanes of at least 4 members (excludes halogenated alkanes) is 39. The molecule has 0 amide bonds. The Morgan fingerprint density at radius 3 is 0.782 bits per heavy atom. The van der Waals surface area contributed by atoms with E-state index in [2.05, 4.69) is 93.7 Å². The van der Waals surface area contributed by atoms with Crippen molar-refractivity contribution in [3.8, 4) is 0 Å². The minimum absolute atomic E-state index is 0.0681. The van der Waals surface area contributed by atoms with Crippen LogP contribution in [-0.2, 0) is 28.6 Å². The van der Waals surface area contributed by atoms with Crippen LogP contribution in [0.25, 0.3) is 0 Å². The van der Waals surface area contributed by atoms with E-state index in [0.29, 0.717) is 19.3 Å². The fraction of sp³-hybridized carbons (Fsp3) is 0.792. The highest BCUT2D eigenvalue weighted by Gasteiger charge is 2.19. The first-order valence-electron chi connectivity index (χ1n) is 33.9. The highest BCUT2D eigenvalue weighted by molar-refractivity contribution is 5.71. The second kappa shape index (κ2) is 66.4. The van der Waals surface area contributed by atoms with Crippen LogP contribution in [0, 0.1) is 0 Å². The molecule has 0 bridgehead atoms. The predicted molar refractivity (Wildman–Crippen MR) is 339 cm³/mol. The first-order chi connectivity index (χ1) is 38.5. The second-order valence-corrected chi connectivity index (χ2v) is 22.7. The molecule has 0 radical (unpaired) electrons. The third-order valence-electron chi connectivity index (χ3n) is 15.0. The lowest BCUT2D eigenvalue weighted by atomic mass is 10.0. The molecule has 1 unspecified atom stereocenters. The zero-order valence-corrected chi connectivity index (χ0v) is 51.9. The standard InChI is InChI=1S/C72H128O6/c1-4-7-10-13-16-19-22-25-27-28-29-30-31-32-33-34-35-36-37-38-39-40-41-42-43-44-45-48-50-53-56-59-62-65-71(74)77-68-69(67-76-70(73)64-61-58-55-52-49-46-24-21-18-15-12-9-6-3)78-72(75)66-63-60-57-54-51-47-26-23-20-17-14-11-8-5-2/h7,10,16,19,25,27,29-30,32-33,35-36,69H,4-6,8-9,11-15,17-18,20-24,26,28,31,34,37-68H2,1-3H3/b10-7-,19-16-,27-25-,30-29-,33-32-,36-35-. The highest BCUT2D eigenvalue weighted by Crippen LogP contribution is 2.18. The quantitative estimate of drug-likeness (QED) is 0.0261. The van der Waals surface area contributed by atoms with Crippen LogP contribution < -0.4 is 0 Å². The van der Waals surface area contributed by atoms with Crippen LogP contribution in [-0.4, -0.2) is 37.2 Å². The van der Waals surface area contributed by atoms with Crippen molar-refractivity contribution in [2.45, 2.75) is 354 Å². The lowest BCUT2D eigenvalue weighted by Crippen LogP contribution is -2.30. The second-order valence-electron chi connectivity index (χ2n) is 22.7. The molecular formula is C72H128O6. The van der Waals surface area contributed by atoms with Gasteiger partial charge in [0.25, 0.3) is 0 Å². The lowest BCUT2D eigenvalue weighted by molar-refractivity contribution is -0.167. The van der Waals surface area contributed by atoms with Crippen molar-refractivity contribution in [2.75, 3.05) is 13.2 Å². The van der Waals surface area contributed by atoms with Gasteiger partial charge in [0, 0.05) is 19.3 Å². The summed E-state index contributed by atoms with van der Waals surface area (Å²) >= 11 is 0. The summed E-state index contributed by atoms with van der Waals surface area (Å²) in [4.78, 5) is 38.3. The van der Waals surface area contributed by atoms with Crippen molar-refractivity contribution in [2.24, 2.45) is 0 Å². The molecule has 1 atom stereocenters. The Morgan fingerprint density at radius 1 is 0.269 bits per heavy atom. The van der Waals surface area contributed by atoms with Crippen LogP contribution in [0.3, 0.4) is 0 Å². The van der Waals surface area contributed by atoms with Gasteiger partial charge in [-0.3, -0.25) is 14.4 Å². The molecule has 0 heterocycles. The Morgan fingerprint density at radius 2 is 0.500 bits per heavy atom. The van der Waals surface area contributed by atoms with Crippen LogP contribution in [0.2, 0.25) is 0 Å². The van der Waals surface area contributed by atoms with Gasteiger partial charge in [-0.05, 0) is 70.6 Å². The Hall–Kier alpha value is -3.15. The van der Waals surface area contributed by atoms with E-state index in [1.54, 1.807) is 0 Å². The van der Waals surface area contributed by atoms with E-state index < -0.39 is 6.10 Å². The van der Waals surface area contributed by atoms with E-state index in [-0.39, 0.29) is 31.1 Å². The maximum atomic E-state index is 12.9. The zero-order chi connectivity index (χ0) is 56.4. The normalized spacial score (nSPS) is 12.5. The molecule has 0 aromatic rings. The van der Waals surface area contributed by atoms with E-state index in [1.807, 2.05) is 0 Å². The molecule has 0 saturated heterocycles. The molecule has 6 heteroatoms. The average Bonchev–Trinajstić information content (AvgIpc) is 3.44. The van der Waals surface area contributed by atoms with Gasteiger partial charge < -0.3 is 14.2 Å². The molecule has 6 nitrogen and oxygen atoms in total. The Balaban J connectivity index is 4.14. The fourth-order valence-electron chi connectivity index (χ4n) is 9.92. The molecule has 0 N–H and O–H groups in total. The van der Waals surface area contributed by atoms with Gasteiger partial charge in [0.1, 0.15) is 13.2 Å². The molecule has 0 aromatic carbocycles. The number of carbonyl (C=O) groups is 3. The zero-order valence-electron chi connectivity index (χ0n) is 51.9. The maximum Gasteiger partial charge on any atom is 0.306 e. The SMILES string of the molecule is CC/C=C\C/C=C\C/C=C\C/C=C\C/C=C\C/C=C\CCCCCCCCCCCCCCCCC(=O)OCC(COC(=O)CCCCCCCCCCCCCCC)OC(=O)CCCCCCCCCCCCCCCC. The van der Waals surface area contributed by atoms with Crippen molar-refractivity contribution in [3.05, 3.63) is 72.9 Å². The molecule has 0 aliphatic heterocycles. The first kappa shape index (κ1) is 74.8. The molecular weight excluding hydrogens is 961 g/mol. The van der Waals surface area contributed by atoms with Crippen LogP contribution >= 0.6 is 0 Å². The molecule has 0 spiro atoms. The number of ether oxygens (including phenoxy) is 3. The summed E-state index contributed by atoms with van der Waals surface area (Å²) in [6.45, 7) is 6.57. The third kappa shape index (κ3) is 63.7. The molecule has 0 fully saturated rings. The van der Waals surface area contributed by atoms with Gasteiger partial charge in [0.2, 0.25) is 0 Å². The van der Waals surface area contributed by atoms with Crippen molar-refractivity contribution in [3.63, 3.8) is 0 Å². The van der Waals surface area contributed by atoms with E-state index in [4.69, 9.17) is 14.2 Å². The van der Waals surface area contributed by atoms with Crippen molar-refractivity contribution >= 4 is 17.9 Å². The molecule has 452 valence electrons. The number of hydrogen-bond acceptors (Lipinski definition) is 6. The summed E-state index contributed by atoms with van der Waals surface area (Å²) in [5.41, 5.74) is 0. The number of carbonyl (C=O) groups excluding carboxylic acids is 3. The fourth-order valence-corrected chi connectivity index (χ4v) is 9.92. The largest absolute Gasteiger partial charge is 0.462 e. The summed E-state index contributed by atoms with van der Waals surface area (Å²) in [7, 11) is 0. The maximum absolute atomic E-state index is 12.9. The van der Waals surface area contributed by atoms with Crippen LogP contribution in [0.5, 0.6) is 0 Å². The summed E-state index contributed by atoms with van der Waals surface area (Å²) in [6, 6.07) is 0. The number of rotatable bonds is 62. The number of esters is 3. The summed E-state index contributed by atoms with van der Waals surface area (Å²) in [6.07, 6.45) is 86.4. The van der Waals surface area contributed by atoms with E-state index in [1.165, 1.54) is 212 Å². The van der Waals surface area contributed by atoms with Crippen LogP contribution in [0.1, 0.15) is 348 Å². The van der Waals surface area contributed by atoms with Crippen molar-refractivity contribution < 1.29 is 28.6 Å². The molecule has 0 rings (SSSR count). The summed E-state index contributed by atoms with van der Waals surface area (Å²) in [5.74, 6) is -0.847. The van der Waals surface area contributed by atoms with Crippen LogP contribution in [0.15, 0.2) is 72.9 Å². The van der Waals surface area contributed by atoms with Crippen molar-refractivity contribution in [1.82, 2.24) is 0 Å². The van der Waals surface area contributed by atoms with E-state index in [0.717, 1.165) is 96.3 Å². The molecule has 0 aliphatic carbocycles. The molecule has 0 aromatic heterocycles. The molecule has 0 aliphatic rings. The third-order valence-corrected chi connectivity index (χ3v) is 15.0. The van der Waals surface area contributed by atoms with Gasteiger partial charge in [0.05, 0.1) is 0 Å². The highest BCUT2D eigenvalue weighted by atomic mass is 16.6. The van der Waals surface area contributed by atoms with E-state index >= 15 is 0 Å². The minimum Gasteiger partial charge on any atom is -0.462 e. The van der Waals surface area contributed by atoms with Gasteiger partial charge in [-0.2, -0.15) is 0 Å². The van der Waals surface area contributed by atoms with Gasteiger partial charge in [0.15, 0.2) is 6.10 Å². The Labute approximate surface area is 484 Å². The predicted octanol–water partition coefficient (Wildman–Crippen LogP) is 23.3. The molecule has 78 heavy (non-hydrogen) atoms. The number of allylic oxidation sites excluding steroid dienone is 12. The van der Waals surface area contributed by atoms with Gasteiger partial charge >= 0.3 is 17.9 Å². The molecule has 0 saturated carbocycles. The van der Waals surface area contributed by atoms with Crippen molar-refractivity contribution in [1.29, 1.82) is 0 Å². The summed E-state index contributed by atoms with van der Waals surface area (Å²) < 4.78 is 16.9. The Kier molecular flexibility index (Phi) is 63.7. The first-order valence-corrected chi connectivity index (χ1v) is 33.9. The minimum atomic E-state index is -0.770. The van der Waals surface area contributed by atoms with E-state index in [9.17, 15) is 14.4 Å². The average molecular weight is 1090 g/mol. The van der Waals surface area contributed by atoms with Gasteiger partial charge in [-0.15, -0.1) is 0 Å².